The first-order chi connectivity index (χ1) is 26.8. The molecule has 0 aliphatic heterocycles. The monoisotopic (exact) mass is 689 g/mol. The third-order valence-electron chi connectivity index (χ3n) is 10.5. The molecule has 0 aliphatic carbocycles. The van der Waals surface area contributed by atoms with Gasteiger partial charge in [0.25, 0.3) is 0 Å². The van der Waals surface area contributed by atoms with Crippen LogP contribution in [0.15, 0.2) is 217 Å². The first-order valence-electron chi connectivity index (χ1n) is 18.4. The van der Waals surface area contributed by atoms with Gasteiger partial charge in [-0.05, 0) is 98.2 Å². The van der Waals surface area contributed by atoms with E-state index in [2.05, 4.69) is 217 Å². The van der Waals surface area contributed by atoms with Crippen molar-refractivity contribution in [2.75, 3.05) is 4.90 Å². The summed E-state index contributed by atoms with van der Waals surface area (Å²) in [6, 6.07) is 75.8. The van der Waals surface area contributed by atoms with Crippen LogP contribution < -0.4 is 4.90 Å². The van der Waals surface area contributed by atoms with E-state index in [1.165, 1.54) is 44.2 Å². The molecule has 0 radical (unpaired) electrons. The van der Waals surface area contributed by atoms with E-state index in [-0.39, 0.29) is 0 Å². The first-order valence-corrected chi connectivity index (χ1v) is 18.4. The van der Waals surface area contributed by atoms with Crippen LogP contribution in [0.2, 0.25) is 0 Å². The molecule has 0 N–H and O–H groups in total. The number of benzene rings is 9. The van der Waals surface area contributed by atoms with Crippen LogP contribution in [0.1, 0.15) is 0 Å². The number of fused-ring (bicyclic) bond motifs is 4. The maximum Gasteiger partial charge on any atom is 0.145 e. The minimum Gasteiger partial charge on any atom is -0.455 e. The van der Waals surface area contributed by atoms with E-state index in [1.54, 1.807) is 0 Å². The molecule has 0 bridgehead atoms. The lowest BCUT2D eigenvalue weighted by atomic mass is 9.97. The second kappa shape index (κ2) is 13.4. The van der Waals surface area contributed by atoms with Gasteiger partial charge in [-0.15, -0.1) is 0 Å². The van der Waals surface area contributed by atoms with E-state index < -0.39 is 0 Å². The third-order valence-corrected chi connectivity index (χ3v) is 10.5. The molecule has 10 aromatic rings. The Hall–Kier alpha value is -7.16. The van der Waals surface area contributed by atoms with Crippen molar-refractivity contribution in [3.05, 3.63) is 212 Å². The van der Waals surface area contributed by atoms with E-state index in [0.29, 0.717) is 0 Å². The van der Waals surface area contributed by atoms with Gasteiger partial charge in [-0.1, -0.05) is 164 Å². The summed E-state index contributed by atoms with van der Waals surface area (Å²) in [6.45, 7) is 0. The van der Waals surface area contributed by atoms with Crippen molar-refractivity contribution in [1.29, 1.82) is 0 Å². The number of hydrogen-bond acceptors (Lipinski definition) is 2. The van der Waals surface area contributed by atoms with E-state index in [1.807, 2.05) is 0 Å². The molecule has 0 amide bonds. The highest BCUT2D eigenvalue weighted by Gasteiger charge is 2.23. The zero-order chi connectivity index (χ0) is 35.8. The molecule has 9 aromatic carbocycles. The molecule has 54 heavy (non-hydrogen) atoms. The second-order valence-electron chi connectivity index (χ2n) is 13.7. The fourth-order valence-corrected chi connectivity index (χ4v) is 7.73. The quantitative estimate of drug-likeness (QED) is 0.166. The molecule has 1 aromatic heterocycles. The Morgan fingerprint density at radius 3 is 1.22 bits per heavy atom. The molecular weight excluding hydrogens is 655 g/mol. The van der Waals surface area contributed by atoms with E-state index in [9.17, 15) is 0 Å². The van der Waals surface area contributed by atoms with E-state index in [4.69, 9.17) is 4.42 Å². The number of furan rings is 1. The topological polar surface area (TPSA) is 16.4 Å². The average molecular weight is 690 g/mol. The Bertz CT molecular complexity index is 2880. The van der Waals surface area contributed by atoms with Crippen LogP contribution in [0.4, 0.5) is 17.1 Å². The van der Waals surface area contributed by atoms with Gasteiger partial charge in [0, 0.05) is 27.7 Å². The summed E-state index contributed by atoms with van der Waals surface area (Å²) in [5.41, 5.74) is 14.2. The first kappa shape index (κ1) is 31.6. The van der Waals surface area contributed by atoms with Crippen LogP contribution in [0.3, 0.4) is 0 Å². The Morgan fingerprint density at radius 1 is 0.315 bits per heavy atom. The molecule has 0 saturated carbocycles. The van der Waals surface area contributed by atoms with Crippen LogP contribution in [0, 0.1) is 0 Å². The summed E-state index contributed by atoms with van der Waals surface area (Å²) in [7, 11) is 0. The summed E-state index contributed by atoms with van der Waals surface area (Å²) in [4.78, 5) is 2.36. The Morgan fingerprint density at radius 2 is 0.722 bits per heavy atom. The Labute approximate surface area is 314 Å². The van der Waals surface area contributed by atoms with Crippen LogP contribution in [0.5, 0.6) is 0 Å². The van der Waals surface area contributed by atoms with Crippen molar-refractivity contribution in [3.8, 4) is 44.5 Å². The van der Waals surface area contributed by atoms with Gasteiger partial charge in [0.15, 0.2) is 0 Å². The Balaban J connectivity index is 1.14. The third kappa shape index (κ3) is 5.71. The van der Waals surface area contributed by atoms with Gasteiger partial charge < -0.3 is 9.32 Å². The van der Waals surface area contributed by atoms with Crippen LogP contribution >= 0.6 is 0 Å². The summed E-state index contributed by atoms with van der Waals surface area (Å²) in [5.74, 6) is 0. The van der Waals surface area contributed by atoms with Crippen molar-refractivity contribution in [2.24, 2.45) is 0 Å². The summed E-state index contributed by atoms with van der Waals surface area (Å²) in [5, 5.41) is 4.59. The molecule has 0 unspecified atom stereocenters. The molecule has 0 saturated heterocycles. The van der Waals surface area contributed by atoms with Crippen molar-refractivity contribution < 1.29 is 4.42 Å². The normalized spacial score (nSPS) is 11.3. The summed E-state index contributed by atoms with van der Waals surface area (Å²) < 4.78 is 6.88. The molecule has 0 aliphatic rings. The maximum absolute atomic E-state index is 6.88. The lowest BCUT2D eigenvalue weighted by Crippen LogP contribution is -2.11. The van der Waals surface area contributed by atoms with Crippen molar-refractivity contribution in [3.63, 3.8) is 0 Å². The molecule has 1 heterocycles. The van der Waals surface area contributed by atoms with Crippen LogP contribution in [-0.2, 0) is 0 Å². The van der Waals surface area contributed by atoms with Gasteiger partial charge in [0.05, 0.1) is 5.69 Å². The van der Waals surface area contributed by atoms with Crippen LogP contribution in [-0.4, -0.2) is 0 Å². The smallest absolute Gasteiger partial charge is 0.145 e. The van der Waals surface area contributed by atoms with Gasteiger partial charge >= 0.3 is 0 Å². The molecular formula is C52H35NO. The van der Waals surface area contributed by atoms with Crippen molar-refractivity contribution >= 4 is 49.8 Å². The minimum absolute atomic E-state index is 0.880. The van der Waals surface area contributed by atoms with Crippen molar-refractivity contribution in [1.82, 2.24) is 0 Å². The molecule has 2 heteroatoms. The average Bonchev–Trinajstić information content (AvgIpc) is 3.61. The van der Waals surface area contributed by atoms with Gasteiger partial charge in [-0.25, -0.2) is 0 Å². The molecule has 2 nitrogen and oxygen atoms in total. The zero-order valence-electron chi connectivity index (χ0n) is 29.6. The second-order valence-corrected chi connectivity index (χ2v) is 13.7. The minimum atomic E-state index is 0.880. The predicted octanol–water partition coefficient (Wildman–Crippen LogP) is 14.9. The molecule has 0 spiro atoms. The predicted molar refractivity (Wildman–Crippen MR) is 228 cm³/mol. The fourth-order valence-electron chi connectivity index (χ4n) is 7.73. The van der Waals surface area contributed by atoms with Crippen LogP contribution in [0.25, 0.3) is 77.2 Å². The lowest BCUT2D eigenvalue weighted by Gasteiger charge is -2.28. The highest BCUT2D eigenvalue weighted by molar-refractivity contribution is 6.15. The van der Waals surface area contributed by atoms with Crippen molar-refractivity contribution in [2.45, 2.75) is 0 Å². The highest BCUT2D eigenvalue weighted by atomic mass is 16.3. The zero-order valence-corrected chi connectivity index (χ0v) is 29.6. The lowest BCUT2D eigenvalue weighted by molar-refractivity contribution is 0.670. The van der Waals surface area contributed by atoms with Gasteiger partial charge in [0.2, 0.25) is 0 Å². The summed E-state index contributed by atoms with van der Waals surface area (Å²) in [6.07, 6.45) is 0. The SMILES string of the molecule is c1ccc(-c2ccc(-c3ccc(N(c4ccc(-c5ccccc5)cc4)c4ccc5c(oc6cc7ccccc7cc65)c4-c4ccccc4)cc3)cc2)cc1. The van der Waals surface area contributed by atoms with Gasteiger partial charge in [0.1, 0.15) is 11.2 Å². The maximum atomic E-state index is 6.88. The molecule has 10 rings (SSSR count). The van der Waals surface area contributed by atoms with E-state index in [0.717, 1.165) is 50.1 Å². The number of rotatable bonds is 7. The highest BCUT2D eigenvalue weighted by Crippen LogP contribution is 2.47. The summed E-state index contributed by atoms with van der Waals surface area (Å²) >= 11 is 0. The number of nitrogens with zero attached hydrogens (tertiary/aromatic N) is 1. The Kier molecular flexibility index (Phi) is 7.85. The van der Waals surface area contributed by atoms with Gasteiger partial charge in [-0.3, -0.25) is 0 Å². The van der Waals surface area contributed by atoms with Gasteiger partial charge in [-0.2, -0.15) is 0 Å². The molecule has 0 atom stereocenters. The fraction of sp³-hybridized carbons (Fsp3) is 0. The standard InChI is InChI=1S/C52H35NO/c1-4-12-36(13-5-1)38-20-22-39(23-21-38)41-26-30-46(31-27-41)53(45-28-24-40(25-29-45)37-14-6-2-7-15-37)49-33-32-47-48-34-43-18-10-11-19-44(43)35-50(48)54-52(47)51(49)42-16-8-3-9-17-42/h1-35H. The van der Waals surface area contributed by atoms with E-state index >= 15 is 0 Å². The number of hydrogen-bond donors (Lipinski definition) is 0. The molecule has 0 fully saturated rings. The molecule has 254 valence electrons. The largest absolute Gasteiger partial charge is 0.455 e. The number of anilines is 3.